The Hall–Kier alpha value is -0.440. The van der Waals surface area contributed by atoms with E-state index in [1.54, 1.807) is 0 Å². The quantitative estimate of drug-likeness (QED) is 0.661. The lowest BCUT2D eigenvalue weighted by Gasteiger charge is -2.41. The van der Waals surface area contributed by atoms with Crippen molar-refractivity contribution in [3.63, 3.8) is 0 Å². The predicted octanol–water partition coefficient (Wildman–Crippen LogP) is 2.06. The Kier molecular flexibility index (Phi) is 12.6. The first-order valence-corrected chi connectivity index (χ1v) is 9.33. The van der Waals surface area contributed by atoms with E-state index < -0.39 is 0 Å². The zero-order valence-corrected chi connectivity index (χ0v) is 17.4. The molecule has 146 valence electrons. The third kappa shape index (κ3) is 7.00. The lowest BCUT2D eigenvalue weighted by atomic mass is 10.1. The standard InChI is InChI=1S/C16H28N4O2S.2ClH/c1-3-13-11-20(8-7-19(13)9-10-22-4-2)16(21)14-12-23-15(18-14)5-6-17;;/h12-13H,3-11,17H2,1-2H3;2*1H. The van der Waals surface area contributed by atoms with Crippen molar-refractivity contribution < 1.29 is 9.53 Å². The first-order chi connectivity index (χ1) is 11.2. The highest BCUT2D eigenvalue weighted by Gasteiger charge is 2.29. The van der Waals surface area contributed by atoms with Gasteiger partial charge in [0.15, 0.2) is 0 Å². The summed E-state index contributed by atoms with van der Waals surface area (Å²) in [5.41, 5.74) is 6.11. The number of thiazole rings is 1. The van der Waals surface area contributed by atoms with Crippen LogP contribution in [0.1, 0.15) is 35.8 Å². The molecule has 2 heterocycles. The highest BCUT2D eigenvalue weighted by molar-refractivity contribution is 7.09. The van der Waals surface area contributed by atoms with Crippen LogP contribution in [0.5, 0.6) is 0 Å². The van der Waals surface area contributed by atoms with E-state index in [4.69, 9.17) is 10.5 Å². The van der Waals surface area contributed by atoms with Crippen molar-refractivity contribution in [2.75, 3.05) is 45.9 Å². The number of nitrogens with two attached hydrogens (primary N) is 1. The van der Waals surface area contributed by atoms with Crippen molar-refractivity contribution in [2.24, 2.45) is 5.73 Å². The third-order valence-corrected chi connectivity index (χ3v) is 5.13. The van der Waals surface area contributed by atoms with Crippen LogP contribution >= 0.6 is 36.2 Å². The van der Waals surface area contributed by atoms with Gasteiger partial charge in [-0.3, -0.25) is 9.69 Å². The number of nitrogens with zero attached hydrogens (tertiary/aromatic N) is 3. The van der Waals surface area contributed by atoms with Gasteiger partial charge in [-0.15, -0.1) is 36.2 Å². The monoisotopic (exact) mass is 412 g/mol. The van der Waals surface area contributed by atoms with E-state index in [1.165, 1.54) is 11.3 Å². The fraction of sp³-hybridized carbons (Fsp3) is 0.750. The van der Waals surface area contributed by atoms with E-state index in [-0.39, 0.29) is 30.7 Å². The van der Waals surface area contributed by atoms with Crippen LogP contribution in [0.3, 0.4) is 0 Å². The van der Waals surface area contributed by atoms with E-state index in [0.717, 1.165) is 57.2 Å². The Morgan fingerprint density at radius 2 is 2.16 bits per heavy atom. The molecule has 2 rings (SSSR count). The number of hydrogen-bond acceptors (Lipinski definition) is 6. The Morgan fingerprint density at radius 3 is 2.80 bits per heavy atom. The van der Waals surface area contributed by atoms with Gasteiger partial charge in [-0.1, -0.05) is 6.92 Å². The molecule has 1 aliphatic heterocycles. The zero-order valence-electron chi connectivity index (χ0n) is 15.0. The van der Waals surface area contributed by atoms with Crippen molar-refractivity contribution >= 4 is 42.1 Å². The molecule has 1 aliphatic rings. The van der Waals surface area contributed by atoms with Crippen LogP contribution in [-0.4, -0.2) is 72.7 Å². The largest absolute Gasteiger partial charge is 0.380 e. The molecule has 2 N–H and O–H groups in total. The molecule has 1 aromatic heterocycles. The maximum Gasteiger partial charge on any atom is 0.273 e. The lowest BCUT2D eigenvalue weighted by molar-refractivity contribution is 0.0338. The first kappa shape index (κ1) is 24.6. The topological polar surface area (TPSA) is 71.7 Å². The third-order valence-electron chi connectivity index (χ3n) is 4.22. The molecular formula is C16H30Cl2N4O2S. The van der Waals surface area contributed by atoms with Crippen LogP contribution in [0, 0.1) is 0 Å². The van der Waals surface area contributed by atoms with Gasteiger partial charge in [-0.05, 0) is 19.9 Å². The minimum absolute atomic E-state index is 0. The summed E-state index contributed by atoms with van der Waals surface area (Å²) in [6, 6.07) is 0.398. The number of aromatic nitrogens is 1. The summed E-state index contributed by atoms with van der Waals surface area (Å²) in [5, 5.41) is 2.80. The minimum Gasteiger partial charge on any atom is -0.380 e. The summed E-state index contributed by atoms with van der Waals surface area (Å²) in [6.45, 7) is 9.63. The molecule has 1 atom stereocenters. The fourth-order valence-electron chi connectivity index (χ4n) is 2.89. The molecule has 1 fully saturated rings. The summed E-state index contributed by atoms with van der Waals surface area (Å²) in [7, 11) is 0. The van der Waals surface area contributed by atoms with Gasteiger partial charge in [-0.2, -0.15) is 0 Å². The molecule has 0 bridgehead atoms. The van der Waals surface area contributed by atoms with Gasteiger partial charge in [0.1, 0.15) is 5.69 Å². The Morgan fingerprint density at radius 1 is 1.40 bits per heavy atom. The summed E-state index contributed by atoms with van der Waals surface area (Å²) in [5.74, 6) is 0.0485. The average Bonchev–Trinajstić information content (AvgIpc) is 3.03. The summed E-state index contributed by atoms with van der Waals surface area (Å²) < 4.78 is 5.46. The number of amides is 1. The Bertz CT molecular complexity index is 504. The van der Waals surface area contributed by atoms with Gasteiger partial charge in [-0.25, -0.2) is 4.98 Å². The Labute approximate surface area is 166 Å². The van der Waals surface area contributed by atoms with E-state index >= 15 is 0 Å². The van der Waals surface area contributed by atoms with Gasteiger partial charge in [0.05, 0.1) is 11.6 Å². The van der Waals surface area contributed by atoms with Crippen LogP contribution < -0.4 is 5.73 Å². The van der Waals surface area contributed by atoms with Crippen molar-refractivity contribution in [3.05, 3.63) is 16.1 Å². The fourth-order valence-corrected chi connectivity index (χ4v) is 3.68. The molecule has 9 heteroatoms. The van der Waals surface area contributed by atoms with E-state index in [9.17, 15) is 4.79 Å². The molecular weight excluding hydrogens is 383 g/mol. The molecule has 0 spiro atoms. The van der Waals surface area contributed by atoms with Crippen LogP contribution in [0.4, 0.5) is 0 Å². The van der Waals surface area contributed by atoms with Gasteiger partial charge in [0.25, 0.3) is 5.91 Å². The van der Waals surface area contributed by atoms with Crippen LogP contribution in [0.25, 0.3) is 0 Å². The van der Waals surface area contributed by atoms with E-state index in [0.29, 0.717) is 18.3 Å². The molecule has 0 aromatic carbocycles. The van der Waals surface area contributed by atoms with Gasteiger partial charge in [0, 0.05) is 50.6 Å². The van der Waals surface area contributed by atoms with Crippen molar-refractivity contribution in [3.8, 4) is 0 Å². The molecule has 0 radical (unpaired) electrons. The van der Waals surface area contributed by atoms with Gasteiger partial charge in [0.2, 0.25) is 0 Å². The lowest BCUT2D eigenvalue weighted by Crippen LogP contribution is -2.55. The number of carbonyl (C=O) groups excluding carboxylic acids is 1. The molecule has 1 aromatic rings. The molecule has 25 heavy (non-hydrogen) atoms. The number of piperazine rings is 1. The number of hydrogen-bond donors (Lipinski definition) is 1. The molecule has 1 saturated heterocycles. The molecule has 0 aliphatic carbocycles. The van der Waals surface area contributed by atoms with Crippen molar-refractivity contribution in [2.45, 2.75) is 32.7 Å². The van der Waals surface area contributed by atoms with Crippen LogP contribution in [0.2, 0.25) is 0 Å². The van der Waals surface area contributed by atoms with Crippen molar-refractivity contribution in [1.29, 1.82) is 0 Å². The summed E-state index contributed by atoms with van der Waals surface area (Å²) >= 11 is 1.52. The Balaban J connectivity index is 0.00000288. The van der Waals surface area contributed by atoms with E-state index in [2.05, 4.69) is 16.8 Å². The summed E-state index contributed by atoms with van der Waals surface area (Å²) in [6.07, 6.45) is 1.77. The first-order valence-electron chi connectivity index (χ1n) is 8.45. The highest BCUT2D eigenvalue weighted by Crippen LogP contribution is 2.17. The molecule has 1 amide bonds. The second kappa shape index (κ2) is 12.8. The van der Waals surface area contributed by atoms with Crippen LogP contribution in [0.15, 0.2) is 5.38 Å². The molecule has 1 unspecified atom stereocenters. The zero-order chi connectivity index (χ0) is 16.7. The SMILES string of the molecule is CCOCCN1CCN(C(=O)c2csc(CCN)n2)CC1CC.Cl.Cl. The second-order valence-corrected chi connectivity index (χ2v) is 6.65. The maximum absolute atomic E-state index is 12.6. The normalized spacial score (nSPS) is 17.7. The highest BCUT2D eigenvalue weighted by atomic mass is 35.5. The number of ether oxygens (including phenoxy) is 1. The smallest absolute Gasteiger partial charge is 0.273 e. The van der Waals surface area contributed by atoms with E-state index in [1.807, 2.05) is 17.2 Å². The average molecular weight is 413 g/mol. The minimum atomic E-state index is 0. The predicted molar refractivity (Wildman–Crippen MR) is 107 cm³/mol. The van der Waals surface area contributed by atoms with Gasteiger partial charge < -0.3 is 15.4 Å². The number of carbonyl (C=O) groups is 1. The molecule has 0 saturated carbocycles. The second-order valence-electron chi connectivity index (χ2n) is 5.71. The molecule has 6 nitrogen and oxygen atoms in total. The number of halogens is 2. The summed E-state index contributed by atoms with van der Waals surface area (Å²) in [4.78, 5) is 21.4. The maximum atomic E-state index is 12.6. The number of rotatable bonds is 8. The van der Waals surface area contributed by atoms with Gasteiger partial charge >= 0.3 is 0 Å². The van der Waals surface area contributed by atoms with Crippen molar-refractivity contribution in [1.82, 2.24) is 14.8 Å². The van der Waals surface area contributed by atoms with Crippen LogP contribution in [-0.2, 0) is 11.2 Å².